The van der Waals surface area contributed by atoms with Crippen LogP contribution in [0.1, 0.15) is 12.5 Å². The molecule has 0 amide bonds. The van der Waals surface area contributed by atoms with Crippen LogP contribution in [0.25, 0.3) is 82.4 Å². The standard InChI is InChI=1S/C42H28N2O/c1-2-13-28(14-3-1)43-34-20-7-4-16-31(34)41-36(43)24-25-37-42(41)32-17-5-8-21-35(32)44(37)29-15-10-12-27(26-29)30-19-11-23-39-40(30)33-18-6-9-22-38(33)45-39/h1-13,15-26,28H,14H2. The second-order valence-electron chi connectivity index (χ2n) is 12.0. The number of rotatable bonds is 3. The lowest BCUT2D eigenvalue weighted by molar-refractivity contribution is 0.648. The molecule has 0 saturated carbocycles. The largest absolute Gasteiger partial charge is 0.456 e. The number of furan rings is 1. The fourth-order valence-electron chi connectivity index (χ4n) is 7.77. The van der Waals surface area contributed by atoms with E-state index in [-0.39, 0.29) is 0 Å². The molecule has 212 valence electrons. The van der Waals surface area contributed by atoms with Crippen LogP contribution in [0.15, 0.2) is 156 Å². The van der Waals surface area contributed by atoms with E-state index in [4.69, 9.17) is 4.42 Å². The molecule has 3 heteroatoms. The average Bonchev–Trinajstić information content (AvgIpc) is 3.76. The Labute approximate surface area is 259 Å². The second-order valence-corrected chi connectivity index (χ2v) is 12.0. The van der Waals surface area contributed by atoms with Gasteiger partial charge in [-0.3, -0.25) is 0 Å². The lowest BCUT2D eigenvalue weighted by Gasteiger charge is -2.18. The van der Waals surface area contributed by atoms with Gasteiger partial charge in [-0.15, -0.1) is 0 Å². The number of para-hydroxylation sites is 3. The van der Waals surface area contributed by atoms with Crippen molar-refractivity contribution in [1.82, 2.24) is 9.13 Å². The normalized spacial score (nSPS) is 15.1. The summed E-state index contributed by atoms with van der Waals surface area (Å²) < 4.78 is 11.2. The molecule has 0 spiro atoms. The molecule has 3 aromatic heterocycles. The molecule has 0 aliphatic heterocycles. The summed E-state index contributed by atoms with van der Waals surface area (Å²) >= 11 is 0. The van der Waals surface area contributed by atoms with E-state index in [0.29, 0.717) is 6.04 Å². The fraction of sp³-hybridized carbons (Fsp3) is 0.0476. The van der Waals surface area contributed by atoms with Crippen LogP contribution in [0, 0.1) is 0 Å². The Morgan fingerprint density at radius 2 is 1.24 bits per heavy atom. The van der Waals surface area contributed by atoms with Crippen molar-refractivity contribution >= 4 is 65.6 Å². The Morgan fingerprint density at radius 1 is 0.533 bits per heavy atom. The molecule has 3 heterocycles. The molecule has 0 bridgehead atoms. The molecule has 6 aromatic carbocycles. The molecule has 3 nitrogen and oxygen atoms in total. The van der Waals surface area contributed by atoms with Crippen molar-refractivity contribution in [3.8, 4) is 16.8 Å². The Kier molecular flexibility index (Phi) is 5.11. The highest BCUT2D eigenvalue weighted by molar-refractivity contribution is 6.28. The van der Waals surface area contributed by atoms with Gasteiger partial charge in [0.05, 0.1) is 22.6 Å². The Bertz CT molecular complexity index is 2690. The van der Waals surface area contributed by atoms with Crippen molar-refractivity contribution < 1.29 is 4.42 Å². The lowest BCUT2D eigenvalue weighted by atomic mass is 9.99. The van der Waals surface area contributed by atoms with Crippen molar-refractivity contribution in [2.75, 3.05) is 0 Å². The van der Waals surface area contributed by atoms with Crippen LogP contribution in [0.3, 0.4) is 0 Å². The van der Waals surface area contributed by atoms with Crippen molar-refractivity contribution in [1.29, 1.82) is 0 Å². The first-order valence-electron chi connectivity index (χ1n) is 15.6. The molecule has 0 N–H and O–H groups in total. The summed E-state index contributed by atoms with van der Waals surface area (Å²) in [5.41, 5.74) is 10.3. The molecule has 10 rings (SSSR count). The first kappa shape index (κ1) is 24.6. The van der Waals surface area contributed by atoms with Crippen LogP contribution >= 0.6 is 0 Å². The number of benzene rings is 6. The third-order valence-electron chi connectivity index (χ3n) is 9.62. The summed E-state index contributed by atoms with van der Waals surface area (Å²) in [4.78, 5) is 0. The maximum Gasteiger partial charge on any atom is 0.136 e. The Hall–Kier alpha value is -5.80. The SMILES string of the molecule is C1=CCC(n2c3ccccc3c3c4c5ccccc5n(-c5cccc(-c6cccc7oc8ccccc8c67)c5)c4ccc32)C=C1. The van der Waals surface area contributed by atoms with E-state index >= 15 is 0 Å². The summed E-state index contributed by atoms with van der Waals surface area (Å²) in [7, 11) is 0. The highest BCUT2D eigenvalue weighted by atomic mass is 16.3. The van der Waals surface area contributed by atoms with E-state index in [2.05, 4.69) is 149 Å². The number of allylic oxidation sites excluding steroid dienone is 4. The van der Waals surface area contributed by atoms with Crippen LogP contribution in [0.2, 0.25) is 0 Å². The monoisotopic (exact) mass is 576 g/mol. The predicted molar refractivity (Wildman–Crippen MR) is 188 cm³/mol. The van der Waals surface area contributed by atoms with Gasteiger partial charge < -0.3 is 13.6 Å². The van der Waals surface area contributed by atoms with Gasteiger partial charge in [-0.1, -0.05) is 103 Å². The zero-order chi connectivity index (χ0) is 29.5. The molecule has 1 atom stereocenters. The highest BCUT2D eigenvalue weighted by Gasteiger charge is 2.22. The molecule has 0 saturated heterocycles. The van der Waals surface area contributed by atoms with Gasteiger partial charge in [0, 0.05) is 43.5 Å². The summed E-state index contributed by atoms with van der Waals surface area (Å²) in [5.74, 6) is 0. The molecule has 1 aliphatic rings. The van der Waals surface area contributed by atoms with Crippen LogP contribution < -0.4 is 0 Å². The minimum atomic E-state index is 0.293. The van der Waals surface area contributed by atoms with Gasteiger partial charge in [0.2, 0.25) is 0 Å². The van der Waals surface area contributed by atoms with E-state index in [1.54, 1.807) is 0 Å². The summed E-state index contributed by atoms with van der Waals surface area (Å²) in [6, 6.07) is 46.4. The van der Waals surface area contributed by atoms with Gasteiger partial charge in [-0.2, -0.15) is 0 Å². The maximum atomic E-state index is 6.24. The number of aromatic nitrogens is 2. The number of hydrogen-bond donors (Lipinski definition) is 0. The summed E-state index contributed by atoms with van der Waals surface area (Å²) in [6.45, 7) is 0. The number of hydrogen-bond acceptors (Lipinski definition) is 1. The van der Waals surface area contributed by atoms with E-state index in [0.717, 1.165) is 34.0 Å². The molecule has 0 fully saturated rings. The molecule has 0 radical (unpaired) electrons. The van der Waals surface area contributed by atoms with Gasteiger partial charge in [0.15, 0.2) is 0 Å². The third kappa shape index (κ3) is 3.46. The van der Waals surface area contributed by atoms with Crippen LogP contribution in [0.4, 0.5) is 0 Å². The molecule has 45 heavy (non-hydrogen) atoms. The van der Waals surface area contributed by atoms with Crippen molar-refractivity contribution in [2.24, 2.45) is 0 Å². The first-order chi connectivity index (χ1) is 22.3. The summed E-state index contributed by atoms with van der Waals surface area (Å²) in [6.07, 6.45) is 9.93. The zero-order valence-electron chi connectivity index (χ0n) is 24.5. The minimum Gasteiger partial charge on any atom is -0.456 e. The van der Waals surface area contributed by atoms with Crippen LogP contribution in [-0.2, 0) is 0 Å². The number of fused-ring (bicyclic) bond motifs is 10. The van der Waals surface area contributed by atoms with Gasteiger partial charge in [0.25, 0.3) is 0 Å². The summed E-state index contributed by atoms with van der Waals surface area (Å²) in [5, 5.41) is 7.51. The zero-order valence-corrected chi connectivity index (χ0v) is 24.5. The Balaban J connectivity index is 1.27. The predicted octanol–water partition coefficient (Wildman–Crippen LogP) is 11.5. The van der Waals surface area contributed by atoms with E-state index in [1.807, 2.05) is 12.1 Å². The van der Waals surface area contributed by atoms with Crippen LogP contribution in [0.5, 0.6) is 0 Å². The Morgan fingerprint density at radius 3 is 2.11 bits per heavy atom. The topological polar surface area (TPSA) is 23.0 Å². The maximum absolute atomic E-state index is 6.24. The lowest BCUT2D eigenvalue weighted by Crippen LogP contribution is -2.06. The van der Waals surface area contributed by atoms with E-state index in [9.17, 15) is 0 Å². The van der Waals surface area contributed by atoms with Crippen LogP contribution in [-0.4, -0.2) is 9.13 Å². The van der Waals surface area contributed by atoms with Gasteiger partial charge >= 0.3 is 0 Å². The quantitative estimate of drug-likeness (QED) is 0.205. The fourth-order valence-corrected chi connectivity index (χ4v) is 7.77. The van der Waals surface area contributed by atoms with E-state index < -0.39 is 0 Å². The van der Waals surface area contributed by atoms with Crippen molar-refractivity contribution in [2.45, 2.75) is 12.5 Å². The molecular formula is C42H28N2O. The van der Waals surface area contributed by atoms with Gasteiger partial charge in [-0.25, -0.2) is 0 Å². The van der Waals surface area contributed by atoms with E-state index in [1.165, 1.54) is 54.7 Å². The third-order valence-corrected chi connectivity index (χ3v) is 9.62. The average molecular weight is 577 g/mol. The van der Waals surface area contributed by atoms with Crippen molar-refractivity contribution in [3.63, 3.8) is 0 Å². The molecular weight excluding hydrogens is 548 g/mol. The highest BCUT2D eigenvalue weighted by Crippen LogP contribution is 2.44. The van der Waals surface area contributed by atoms with Gasteiger partial charge in [-0.05, 0) is 66.1 Å². The van der Waals surface area contributed by atoms with Gasteiger partial charge in [0.1, 0.15) is 11.2 Å². The minimum absolute atomic E-state index is 0.293. The first-order valence-corrected chi connectivity index (χ1v) is 15.6. The second kappa shape index (κ2) is 9.35. The van der Waals surface area contributed by atoms with Crippen molar-refractivity contribution in [3.05, 3.63) is 152 Å². The molecule has 1 aliphatic carbocycles. The molecule has 1 unspecified atom stereocenters. The smallest absolute Gasteiger partial charge is 0.136 e. The molecule has 9 aromatic rings. The number of nitrogens with zero attached hydrogens (tertiary/aromatic N) is 2.